The fraction of sp³-hybridized carbons (Fsp3) is 0.227. The molecule has 1 fully saturated rings. The van der Waals surface area contributed by atoms with E-state index in [0.717, 1.165) is 22.2 Å². The molecule has 0 aromatic heterocycles. The fourth-order valence-corrected chi connectivity index (χ4v) is 3.72. The van der Waals surface area contributed by atoms with Crippen molar-refractivity contribution in [3.8, 4) is 11.5 Å². The SMILES string of the molecule is CCOC(=O)CN1C(=O)S/C(=C\c2ccc(OCc3ccc(Cl)cc3)c(OC)c2)C1=O. The van der Waals surface area contributed by atoms with E-state index in [0.29, 0.717) is 28.7 Å². The number of thioether (sulfide) groups is 1. The molecular formula is C22H20ClNO6S. The molecule has 1 saturated heterocycles. The van der Waals surface area contributed by atoms with Gasteiger partial charge in [-0.25, -0.2) is 0 Å². The van der Waals surface area contributed by atoms with Crippen LogP contribution in [0.5, 0.6) is 11.5 Å². The average Bonchev–Trinajstić information content (AvgIpc) is 3.01. The van der Waals surface area contributed by atoms with Crippen molar-refractivity contribution >= 4 is 46.6 Å². The minimum Gasteiger partial charge on any atom is -0.493 e. The molecule has 0 aliphatic carbocycles. The molecule has 1 heterocycles. The van der Waals surface area contributed by atoms with E-state index < -0.39 is 23.7 Å². The third-order valence-corrected chi connectivity index (χ3v) is 5.42. The van der Waals surface area contributed by atoms with Gasteiger partial charge in [0.1, 0.15) is 13.2 Å². The van der Waals surface area contributed by atoms with Crippen LogP contribution >= 0.6 is 23.4 Å². The van der Waals surface area contributed by atoms with Gasteiger partial charge in [0, 0.05) is 5.02 Å². The Morgan fingerprint density at radius 3 is 2.55 bits per heavy atom. The molecule has 1 aliphatic rings. The van der Waals surface area contributed by atoms with Gasteiger partial charge in [-0.15, -0.1) is 0 Å². The summed E-state index contributed by atoms with van der Waals surface area (Å²) in [5.41, 5.74) is 1.60. The maximum atomic E-state index is 12.5. The highest BCUT2D eigenvalue weighted by Gasteiger charge is 2.36. The average molecular weight is 462 g/mol. The van der Waals surface area contributed by atoms with Crippen LogP contribution in [0.2, 0.25) is 5.02 Å². The van der Waals surface area contributed by atoms with Gasteiger partial charge < -0.3 is 14.2 Å². The Balaban J connectivity index is 1.72. The van der Waals surface area contributed by atoms with Crippen LogP contribution in [0.3, 0.4) is 0 Å². The van der Waals surface area contributed by atoms with E-state index in [1.54, 1.807) is 43.3 Å². The molecule has 0 bridgehead atoms. The lowest BCUT2D eigenvalue weighted by atomic mass is 10.1. The number of methoxy groups -OCH3 is 1. The Morgan fingerprint density at radius 1 is 1.13 bits per heavy atom. The van der Waals surface area contributed by atoms with Crippen molar-refractivity contribution in [2.45, 2.75) is 13.5 Å². The van der Waals surface area contributed by atoms with Gasteiger partial charge in [-0.05, 0) is 60.2 Å². The summed E-state index contributed by atoms with van der Waals surface area (Å²) >= 11 is 6.66. The minimum absolute atomic E-state index is 0.178. The largest absolute Gasteiger partial charge is 0.493 e. The van der Waals surface area contributed by atoms with E-state index in [2.05, 4.69) is 0 Å². The van der Waals surface area contributed by atoms with E-state index in [1.807, 2.05) is 12.1 Å². The van der Waals surface area contributed by atoms with E-state index in [9.17, 15) is 14.4 Å². The van der Waals surface area contributed by atoms with Crippen LogP contribution in [0.15, 0.2) is 47.4 Å². The van der Waals surface area contributed by atoms with Crippen molar-refractivity contribution in [3.63, 3.8) is 0 Å². The van der Waals surface area contributed by atoms with Crippen LogP contribution < -0.4 is 9.47 Å². The summed E-state index contributed by atoms with van der Waals surface area (Å²) in [4.78, 5) is 37.3. The van der Waals surface area contributed by atoms with E-state index in [-0.39, 0.29) is 11.5 Å². The number of nitrogens with zero attached hydrogens (tertiary/aromatic N) is 1. The normalized spacial score (nSPS) is 14.8. The number of benzene rings is 2. The zero-order chi connectivity index (χ0) is 22.4. The molecule has 1 aliphatic heterocycles. The second-order valence-electron chi connectivity index (χ2n) is 6.40. The van der Waals surface area contributed by atoms with Crippen molar-refractivity contribution in [1.82, 2.24) is 4.90 Å². The van der Waals surface area contributed by atoms with Crippen molar-refractivity contribution in [1.29, 1.82) is 0 Å². The number of halogens is 1. The van der Waals surface area contributed by atoms with Crippen LogP contribution in [0.4, 0.5) is 4.79 Å². The molecule has 0 saturated carbocycles. The molecular weight excluding hydrogens is 442 g/mol. The molecule has 0 atom stereocenters. The van der Waals surface area contributed by atoms with Gasteiger partial charge in [0.2, 0.25) is 0 Å². The molecule has 0 radical (unpaired) electrons. The first kappa shape index (κ1) is 22.7. The highest BCUT2D eigenvalue weighted by Crippen LogP contribution is 2.34. The molecule has 0 spiro atoms. The number of ether oxygens (including phenoxy) is 3. The number of carbonyl (C=O) groups excluding carboxylic acids is 3. The third kappa shape index (κ3) is 5.80. The van der Waals surface area contributed by atoms with Crippen LogP contribution in [0, 0.1) is 0 Å². The van der Waals surface area contributed by atoms with Crippen molar-refractivity contribution in [3.05, 3.63) is 63.5 Å². The second-order valence-corrected chi connectivity index (χ2v) is 7.83. The first-order valence-corrected chi connectivity index (χ1v) is 10.6. The molecule has 0 unspecified atom stereocenters. The minimum atomic E-state index is -0.630. The predicted molar refractivity (Wildman–Crippen MR) is 118 cm³/mol. The van der Waals surface area contributed by atoms with Gasteiger partial charge in [-0.3, -0.25) is 19.3 Å². The predicted octanol–water partition coefficient (Wildman–Crippen LogP) is 4.53. The van der Waals surface area contributed by atoms with E-state index in [4.69, 9.17) is 25.8 Å². The van der Waals surface area contributed by atoms with Crippen LogP contribution in [0.1, 0.15) is 18.1 Å². The highest BCUT2D eigenvalue weighted by molar-refractivity contribution is 8.18. The van der Waals surface area contributed by atoms with E-state index in [1.165, 1.54) is 7.11 Å². The molecule has 31 heavy (non-hydrogen) atoms. The third-order valence-electron chi connectivity index (χ3n) is 4.26. The van der Waals surface area contributed by atoms with Crippen LogP contribution in [0.25, 0.3) is 6.08 Å². The maximum Gasteiger partial charge on any atom is 0.326 e. The van der Waals surface area contributed by atoms with Crippen molar-refractivity contribution < 1.29 is 28.6 Å². The van der Waals surface area contributed by atoms with Gasteiger partial charge in [-0.1, -0.05) is 29.8 Å². The first-order valence-electron chi connectivity index (χ1n) is 9.37. The molecule has 3 rings (SSSR count). The van der Waals surface area contributed by atoms with Crippen LogP contribution in [-0.4, -0.2) is 42.3 Å². The van der Waals surface area contributed by atoms with Crippen molar-refractivity contribution in [2.24, 2.45) is 0 Å². The van der Waals surface area contributed by atoms with Gasteiger partial charge in [0.25, 0.3) is 11.1 Å². The fourth-order valence-electron chi connectivity index (χ4n) is 2.76. The lowest BCUT2D eigenvalue weighted by Gasteiger charge is -2.12. The molecule has 9 heteroatoms. The zero-order valence-corrected chi connectivity index (χ0v) is 18.5. The topological polar surface area (TPSA) is 82.1 Å². The Bertz CT molecular complexity index is 1020. The Kier molecular flexibility index (Phi) is 7.59. The quantitative estimate of drug-likeness (QED) is 0.422. The maximum absolute atomic E-state index is 12.5. The van der Waals surface area contributed by atoms with Gasteiger partial charge in [0.05, 0.1) is 18.6 Å². The van der Waals surface area contributed by atoms with Gasteiger partial charge in [-0.2, -0.15) is 0 Å². The Morgan fingerprint density at radius 2 is 1.87 bits per heavy atom. The van der Waals surface area contributed by atoms with Gasteiger partial charge >= 0.3 is 5.97 Å². The number of carbonyl (C=O) groups is 3. The Hall–Kier alpha value is -2.97. The summed E-state index contributed by atoms with van der Waals surface area (Å²) in [5.74, 6) is -0.154. The lowest BCUT2D eigenvalue weighted by Crippen LogP contribution is -2.34. The number of hydrogen-bond acceptors (Lipinski definition) is 7. The summed E-state index contributed by atoms with van der Waals surface area (Å²) in [5, 5.41) is 0.136. The number of hydrogen-bond donors (Lipinski definition) is 0. The molecule has 7 nitrogen and oxygen atoms in total. The molecule has 0 N–H and O–H groups in total. The van der Waals surface area contributed by atoms with Gasteiger partial charge in [0.15, 0.2) is 11.5 Å². The lowest BCUT2D eigenvalue weighted by molar-refractivity contribution is -0.145. The summed E-state index contributed by atoms with van der Waals surface area (Å²) in [6.07, 6.45) is 1.57. The standard InChI is InChI=1S/C22H20ClNO6S/c1-3-29-20(25)12-24-21(26)19(31-22(24)27)11-15-6-9-17(18(10-15)28-2)30-13-14-4-7-16(23)8-5-14/h4-11H,3,12-13H2,1-2H3/b19-11-. The van der Waals surface area contributed by atoms with Crippen LogP contribution in [-0.2, 0) is 20.9 Å². The first-order chi connectivity index (χ1) is 14.9. The monoisotopic (exact) mass is 461 g/mol. The molecule has 162 valence electrons. The molecule has 2 amide bonds. The Labute approximate surface area is 188 Å². The van der Waals surface area contributed by atoms with Crippen molar-refractivity contribution in [2.75, 3.05) is 20.3 Å². The summed E-state index contributed by atoms with van der Waals surface area (Å²) < 4.78 is 16.0. The zero-order valence-electron chi connectivity index (χ0n) is 16.9. The molecule has 2 aromatic carbocycles. The molecule has 2 aromatic rings. The number of esters is 1. The number of imide groups is 1. The second kappa shape index (κ2) is 10.4. The summed E-state index contributed by atoms with van der Waals surface area (Å²) in [6, 6.07) is 12.5. The smallest absolute Gasteiger partial charge is 0.326 e. The number of amides is 2. The summed E-state index contributed by atoms with van der Waals surface area (Å²) in [6.45, 7) is 1.76. The van der Waals surface area contributed by atoms with E-state index >= 15 is 0 Å². The number of rotatable bonds is 8. The highest BCUT2D eigenvalue weighted by atomic mass is 35.5. The summed E-state index contributed by atoms with van der Waals surface area (Å²) in [7, 11) is 1.52.